The predicted molar refractivity (Wildman–Crippen MR) is 136 cm³/mol. The Morgan fingerprint density at radius 3 is 2.63 bits per heavy atom. The van der Waals surface area contributed by atoms with Crippen molar-refractivity contribution in [2.45, 2.75) is 45.2 Å². The highest BCUT2D eigenvalue weighted by molar-refractivity contribution is 6.34. The number of carbonyl (C=O) groups is 2. The Morgan fingerprint density at radius 2 is 2.00 bits per heavy atom. The molecule has 1 fully saturated rings. The van der Waals surface area contributed by atoms with Gasteiger partial charge in [-0.2, -0.15) is 18.3 Å². The van der Waals surface area contributed by atoms with Crippen LogP contribution in [0.4, 0.5) is 18.9 Å². The molecule has 0 aliphatic carbocycles. The second kappa shape index (κ2) is 11.6. The number of imidazole rings is 1. The zero-order valence-electron chi connectivity index (χ0n) is 20.8. The average Bonchev–Trinajstić information content (AvgIpc) is 3.52. The second-order valence-corrected chi connectivity index (χ2v) is 9.68. The Hall–Kier alpha value is -3.38. The molecule has 0 radical (unpaired) electrons. The Morgan fingerprint density at radius 1 is 1.26 bits per heavy atom. The number of piperidine rings is 1. The highest BCUT2D eigenvalue weighted by Crippen LogP contribution is 2.33. The number of nitrogens with zero attached hydrogens (tertiary/aromatic N) is 3. The molecule has 0 unspecified atom stereocenters. The summed E-state index contributed by atoms with van der Waals surface area (Å²) in [5.74, 6) is -0.322. The fourth-order valence-electron chi connectivity index (χ4n) is 4.66. The van der Waals surface area contributed by atoms with Crippen molar-refractivity contribution in [3.63, 3.8) is 0 Å². The van der Waals surface area contributed by atoms with E-state index < -0.39 is 17.8 Å². The molecule has 1 aromatic carbocycles. The molecule has 1 aliphatic rings. The zero-order chi connectivity index (χ0) is 27.4. The van der Waals surface area contributed by atoms with E-state index in [0.717, 1.165) is 19.3 Å². The van der Waals surface area contributed by atoms with Crippen molar-refractivity contribution in [2.24, 2.45) is 11.7 Å². The lowest BCUT2D eigenvalue weighted by Gasteiger charge is -2.32. The van der Waals surface area contributed by atoms with E-state index in [1.54, 1.807) is 24.0 Å². The van der Waals surface area contributed by atoms with Crippen LogP contribution in [0.25, 0.3) is 0 Å². The summed E-state index contributed by atoms with van der Waals surface area (Å²) >= 11 is 6.38. The van der Waals surface area contributed by atoms with Gasteiger partial charge in [0.1, 0.15) is 0 Å². The minimum absolute atomic E-state index is 0.00579. The minimum Gasteiger partial charge on any atom is -0.339 e. The van der Waals surface area contributed by atoms with Gasteiger partial charge in [-0.15, -0.1) is 0 Å². The number of rotatable bonds is 8. The lowest BCUT2D eigenvalue weighted by Crippen LogP contribution is -2.39. The van der Waals surface area contributed by atoms with Crippen LogP contribution in [0, 0.1) is 5.92 Å². The Balaban J connectivity index is 1.40. The van der Waals surface area contributed by atoms with Crippen LogP contribution >= 0.6 is 11.6 Å². The molecule has 1 aliphatic heterocycles. The number of aryl methyl sites for hydroxylation is 1. The number of hydrogen-bond donors (Lipinski definition) is 4. The molecule has 3 heterocycles. The summed E-state index contributed by atoms with van der Waals surface area (Å²) in [5.41, 5.74) is 6.03. The fourth-order valence-corrected chi connectivity index (χ4v) is 4.92. The number of halogens is 4. The van der Waals surface area contributed by atoms with Gasteiger partial charge in [-0.25, -0.2) is 4.98 Å². The summed E-state index contributed by atoms with van der Waals surface area (Å²) in [5, 5.41) is 8.68. The molecule has 38 heavy (non-hydrogen) atoms. The number of aromatic amines is 2. The van der Waals surface area contributed by atoms with E-state index in [1.165, 1.54) is 12.3 Å². The van der Waals surface area contributed by atoms with Crippen LogP contribution in [0.1, 0.15) is 69.8 Å². The van der Waals surface area contributed by atoms with Crippen molar-refractivity contribution < 1.29 is 22.8 Å². The monoisotopic (exact) mass is 551 g/mol. The number of alkyl halides is 3. The molecule has 2 aromatic heterocycles. The minimum atomic E-state index is -4.60. The number of benzene rings is 1. The van der Waals surface area contributed by atoms with E-state index in [9.17, 15) is 22.8 Å². The molecule has 9 nitrogen and oxygen atoms in total. The highest BCUT2D eigenvalue weighted by atomic mass is 35.5. The number of aromatic nitrogens is 4. The van der Waals surface area contributed by atoms with E-state index in [2.05, 4.69) is 25.5 Å². The quantitative estimate of drug-likeness (QED) is 0.329. The van der Waals surface area contributed by atoms with Crippen LogP contribution < -0.4 is 11.1 Å². The van der Waals surface area contributed by atoms with Crippen LogP contribution in [0.2, 0.25) is 5.02 Å². The second-order valence-electron chi connectivity index (χ2n) is 9.28. The van der Waals surface area contributed by atoms with Crippen molar-refractivity contribution in [3.05, 3.63) is 63.5 Å². The summed E-state index contributed by atoms with van der Waals surface area (Å²) in [6, 6.07) is 4.60. The van der Waals surface area contributed by atoms with Gasteiger partial charge in [-0.3, -0.25) is 14.7 Å². The van der Waals surface area contributed by atoms with Gasteiger partial charge in [-0.05, 0) is 56.3 Å². The molecule has 0 atom stereocenters. The maximum Gasteiger partial charge on any atom is 0.435 e. The molecule has 2 amide bonds. The third-order valence-corrected chi connectivity index (χ3v) is 7.03. The van der Waals surface area contributed by atoms with Crippen LogP contribution in [-0.4, -0.2) is 56.5 Å². The summed E-state index contributed by atoms with van der Waals surface area (Å²) in [6.45, 7) is 3.64. The van der Waals surface area contributed by atoms with E-state index in [0.29, 0.717) is 54.6 Å². The Bertz CT molecular complexity index is 1300. The molecule has 0 spiro atoms. The number of amides is 2. The summed E-state index contributed by atoms with van der Waals surface area (Å²) in [4.78, 5) is 34.2. The molecule has 0 bridgehead atoms. The smallest absolute Gasteiger partial charge is 0.339 e. The van der Waals surface area contributed by atoms with Crippen LogP contribution in [0.3, 0.4) is 0 Å². The van der Waals surface area contributed by atoms with Crippen LogP contribution in [0.5, 0.6) is 0 Å². The topological polar surface area (TPSA) is 133 Å². The lowest BCUT2D eigenvalue weighted by atomic mass is 9.93. The largest absolute Gasteiger partial charge is 0.435 e. The maximum atomic E-state index is 13.3. The Kier molecular flexibility index (Phi) is 8.41. The predicted octanol–water partition coefficient (Wildman–Crippen LogP) is 4.41. The zero-order valence-corrected chi connectivity index (χ0v) is 21.5. The van der Waals surface area contributed by atoms with E-state index in [1.807, 2.05) is 0 Å². The molecule has 0 saturated carbocycles. The van der Waals surface area contributed by atoms with Crippen molar-refractivity contribution in [1.82, 2.24) is 25.1 Å². The number of anilines is 1. The number of carbonyl (C=O) groups excluding carboxylic acids is 2. The standard InChI is InChI=1S/C25H29ClF3N7O2/c1-2-20-18(21(35-34-20)25(27,28)29)11-16-13-31-22(32-16)23(37)33-15-3-4-17(19(26)12-15)24(38)36-9-6-14(5-8-30)7-10-36/h3-4,12-14H,2,5-11,30H2,1H3,(H,31,32)(H,33,37)(H,34,35). The van der Waals surface area contributed by atoms with Gasteiger partial charge in [0.25, 0.3) is 11.8 Å². The molecule has 5 N–H and O–H groups in total. The fraction of sp³-hybridized carbons (Fsp3) is 0.440. The highest BCUT2D eigenvalue weighted by Gasteiger charge is 2.37. The first kappa shape index (κ1) is 27.6. The summed E-state index contributed by atoms with van der Waals surface area (Å²) in [7, 11) is 0. The first-order valence-corrected chi connectivity index (χ1v) is 12.8. The maximum absolute atomic E-state index is 13.3. The average molecular weight is 552 g/mol. The molecule has 3 aromatic rings. The molecule has 204 valence electrons. The third-order valence-electron chi connectivity index (χ3n) is 6.72. The first-order valence-electron chi connectivity index (χ1n) is 12.4. The normalized spacial score (nSPS) is 14.6. The number of likely N-dealkylation sites (tertiary alicyclic amines) is 1. The third kappa shape index (κ3) is 6.18. The van der Waals surface area contributed by atoms with Crippen LogP contribution in [-0.2, 0) is 19.0 Å². The van der Waals surface area contributed by atoms with Gasteiger partial charge in [0.15, 0.2) is 11.5 Å². The van der Waals surface area contributed by atoms with Gasteiger partial charge >= 0.3 is 6.18 Å². The van der Waals surface area contributed by atoms with Gasteiger partial charge in [0, 0.05) is 48.3 Å². The van der Waals surface area contributed by atoms with Crippen molar-refractivity contribution in [1.29, 1.82) is 0 Å². The van der Waals surface area contributed by atoms with E-state index in [-0.39, 0.29) is 28.7 Å². The molecular formula is C25H29ClF3N7O2. The summed E-state index contributed by atoms with van der Waals surface area (Å²) < 4.78 is 40.0. The van der Waals surface area contributed by atoms with Crippen molar-refractivity contribution >= 4 is 29.1 Å². The van der Waals surface area contributed by atoms with Gasteiger partial charge in [-0.1, -0.05) is 18.5 Å². The lowest BCUT2D eigenvalue weighted by molar-refractivity contribution is -0.141. The molecular weight excluding hydrogens is 523 g/mol. The molecule has 1 saturated heterocycles. The van der Waals surface area contributed by atoms with Gasteiger partial charge < -0.3 is 20.9 Å². The van der Waals surface area contributed by atoms with Gasteiger partial charge in [0.05, 0.1) is 10.6 Å². The summed E-state index contributed by atoms with van der Waals surface area (Å²) in [6.07, 6.45) is -0.325. The number of nitrogens with one attached hydrogen (secondary N) is 3. The van der Waals surface area contributed by atoms with E-state index in [4.69, 9.17) is 17.3 Å². The number of H-pyrrole nitrogens is 2. The van der Waals surface area contributed by atoms with Crippen molar-refractivity contribution in [3.8, 4) is 0 Å². The van der Waals surface area contributed by atoms with Crippen LogP contribution in [0.15, 0.2) is 24.4 Å². The Labute approximate surface area is 222 Å². The van der Waals surface area contributed by atoms with E-state index >= 15 is 0 Å². The van der Waals surface area contributed by atoms with Gasteiger partial charge in [0.2, 0.25) is 0 Å². The number of nitrogens with two attached hydrogens (primary N) is 1. The molecule has 4 rings (SSSR count). The first-order chi connectivity index (χ1) is 18.1. The number of hydrogen-bond acceptors (Lipinski definition) is 5. The molecule has 13 heteroatoms. The SMILES string of the molecule is CCc1[nH]nc(C(F)(F)F)c1Cc1cnc(C(=O)Nc2ccc(C(=O)N3CCC(CCN)CC3)c(Cl)c2)[nH]1. The van der Waals surface area contributed by atoms with Crippen molar-refractivity contribution in [2.75, 3.05) is 25.0 Å².